The maximum atomic E-state index is 12.9. The largest absolute Gasteiger partial charge is 0.493 e. The van der Waals surface area contributed by atoms with E-state index in [1.165, 1.54) is 12.1 Å². The highest BCUT2D eigenvalue weighted by molar-refractivity contribution is 5.76. The van der Waals surface area contributed by atoms with Crippen molar-refractivity contribution in [2.45, 2.75) is 32.6 Å². The molecule has 0 bridgehead atoms. The van der Waals surface area contributed by atoms with Crippen LogP contribution in [-0.4, -0.2) is 22.4 Å². The van der Waals surface area contributed by atoms with E-state index in [1.54, 1.807) is 17.3 Å². The molecule has 0 saturated heterocycles. The molecular formula is C24H23F3N2O2. The first-order valence-corrected chi connectivity index (χ1v) is 9.84. The summed E-state index contributed by atoms with van der Waals surface area (Å²) in [6.45, 7) is 2.92. The zero-order valence-corrected chi connectivity index (χ0v) is 17.1. The Morgan fingerprint density at radius 1 is 1.00 bits per heavy atom. The molecule has 0 atom stereocenters. The van der Waals surface area contributed by atoms with Crippen LogP contribution in [0.2, 0.25) is 0 Å². The summed E-state index contributed by atoms with van der Waals surface area (Å²) >= 11 is 0. The van der Waals surface area contributed by atoms with E-state index in [4.69, 9.17) is 4.74 Å². The summed E-state index contributed by atoms with van der Waals surface area (Å²) in [5.41, 5.74) is 2.31. The number of aryl methyl sites for hydroxylation is 1. The summed E-state index contributed by atoms with van der Waals surface area (Å²) in [5.74, 6) is 0.178. The average Bonchev–Trinajstić information content (AvgIpc) is 2.75. The van der Waals surface area contributed by atoms with Gasteiger partial charge in [-0.05, 0) is 53.9 Å². The third-order valence-electron chi connectivity index (χ3n) is 4.84. The Morgan fingerprint density at radius 3 is 2.39 bits per heavy atom. The molecule has 0 radical (unpaired) electrons. The lowest BCUT2D eigenvalue weighted by atomic mass is 10.1. The normalized spacial score (nSPS) is 11.2. The van der Waals surface area contributed by atoms with Gasteiger partial charge in [0.1, 0.15) is 5.75 Å². The Labute approximate surface area is 179 Å². The van der Waals surface area contributed by atoms with E-state index in [2.05, 4.69) is 4.98 Å². The molecule has 3 aromatic rings. The zero-order chi connectivity index (χ0) is 22.3. The number of pyridine rings is 1. The van der Waals surface area contributed by atoms with E-state index in [-0.39, 0.29) is 18.9 Å². The minimum Gasteiger partial charge on any atom is -0.493 e. The molecule has 1 aromatic heterocycles. The molecule has 0 aliphatic carbocycles. The maximum absolute atomic E-state index is 12.9. The van der Waals surface area contributed by atoms with Crippen LogP contribution in [-0.2, 0) is 24.1 Å². The number of nitrogens with zero attached hydrogens (tertiary/aromatic N) is 2. The van der Waals surface area contributed by atoms with Crippen LogP contribution in [0.15, 0.2) is 73.1 Å². The molecule has 0 saturated carbocycles. The van der Waals surface area contributed by atoms with Crippen LogP contribution < -0.4 is 4.74 Å². The van der Waals surface area contributed by atoms with Crippen molar-refractivity contribution in [3.8, 4) is 5.75 Å². The second kappa shape index (κ2) is 10.1. The topological polar surface area (TPSA) is 42.4 Å². The molecule has 0 spiro atoms. The lowest BCUT2D eigenvalue weighted by Gasteiger charge is -2.24. The Morgan fingerprint density at radius 2 is 1.74 bits per heavy atom. The van der Waals surface area contributed by atoms with Crippen LogP contribution in [0.5, 0.6) is 5.75 Å². The van der Waals surface area contributed by atoms with Crippen LogP contribution in [0, 0.1) is 6.92 Å². The Hall–Kier alpha value is -3.35. The summed E-state index contributed by atoms with van der Waals surface area (Å²) in [6, 6.07) is 16.0. The number of rotatable bonds is 8. The van der Waals surface area contributed by atoms with Gasteiger partial charge in [0.25, 0.3) is 0 Å². The van der Waals surface area contributed by atoms with E-state index in [9.17, 15) is 18.0 Å². The van der Waals surface area contributed by atoms with Gasteiger partial charge in [-0.1, -0.05) is 30.3 Å². The lowest BCUT2D eigenvalue weighted by Crippen LogP contribution is -2.31. The summed E-state index contributed by atoms with van der Waals surface area (Å²) < 4.78 is 43.5. The van der Waals surface area contributed by atoms with Gasteiger partial charge in [-0.3, -0.25) is 9.78 Å². The summed E-state index contributed by atoms with van der Waals surface area (Å²) in [5, 5.41) is 0. The fourth-order valence-corrected chi connectivity index (χ4v) is 3.09. The van der Waals surface area contributed by atoms with Crippen molar-refractivity contribution in [1.82, 2.24) is 9.88 Å². The highest BCUT2D eigenvalue weighted by atomic mass is 19.4. The van der Waals surface area contributed by atoms with Gasteiger partial charge in [-0.2, -0.15) is 13.2 Å². The van der Waals surface area contributed by atoms with Gasteiger partial charge in [0.2, 0.25) is 5.91 Å². The van der Waals surface area contributed by atoms with Gasteiger partial charge in [-0.15, -0.1) is 0 Å². The Kier molecular flexibility index (Phi) is 7.28. The molecular weight excluding hydrogens is 405 g/mol. The number of hydrogen-bond acceptors (Lipinski definition) is 3. The van der Waals surface area contributed by atoms with Crippen LogP contribution in [0.25, 0.3) is 0 Å². The third-order valence-corrected chi connectivity index (χ3v) is 4.84. The van der Waals surface area contributed by atoms with Gasteiger partial charge in [0.05, 0.1) is 18.6 Å². The average molecular weight is 428 g/mol. The molecule has 1 heterocycles. The molecule has 4 nitrogen and oxygen atoms in total. The first kappa shape index (κ1) is 22.3. The smallest absolute Gasteiger partial charge is 0.416 e. The van der Waals surface area contributed by atoms with Crippen molar-refractivity contribution in [1.29, 1.82) is 0 Å². The Bertz CT molecular complexity index is 990. The number of hydrogen-bond donors (Lipinski definition) is 0. The SMILES string of the molecule is Cc1ccccc1CN(Cc1cccnc1)C(=O)CCOc1ccc(C(F)(F)F)cc1. The fraction of sp³-hybridized carbons (Fsp3) is 0.250. The predicted molar refractivity (Wildman–Crippen MR) is 111 cm³/mol. The molecule has 3 rings (SSSR count). The van der Waals surface area contributed by atoms with Crippen LogP contribution in [0.3, 0.4) is 0 Å². The van der Waals surface area contributed by atoms with E-state index in [0.29, 0.717) is 18.8 Å². The second-order valence-corrected chi connectivity index (χ2v) is 7.16. The molecule has 0 fully saturated rings. The highest BCUT2D eigenvalue weighted by Crippen LogP contribution is 2.30. The first-order valence-electron chi connectivity index (χ1n) is 9.84. The van der Waals surface area contributed by atoms with Crippen LogP contribution >= 0.6 is 0 Å². The molecule has 7 heteroatoms. The second-order valence-electron chi connectivity index (χ2n) is 7.16. The predicted octanol–water partition coefficient (Wildman–Crippen LogP) is 5.41. The monoisotopic (exact) mass is 428 g/mol. The van der Waals surface area contributed by atoms with Crippen LogP contribution in [0.4, 0.5) is 13.2 Å². The number of benzene rings is 2. The quantitative estimate of drug-likeness (QED) is 0.482. The van der Waals surface area contributed by atoms with Crippen molar-refractivity contribution in [2.24, 2.45) is 0 Å². The number of carbonyl (C=O) groups excluding carboxylic acids is 1. The summed E-state index contributed by atoms with van der Waals surface area (Å²) in [4.78, 5) is 18.8. The minimum absolute atomic E-state index is 0.0709. The first-order chi connectivity index (χ1) is 14.8. The molecule has 0 aliphatic heterocycles. The molecule has 162 valence electrons. The molecule has 2 aromatic carbocycles. The fourth-order valence-electron chi connectivity index (χ4n) is 3.09. The molecule has 0 aliphatic rings. The van der Waals surface area contributed by atoms with Crippen LogP contribution in [0.1, 0.15) is 28.7 Å². The van der Waals surface area contributed by atoms with Gasteiger partial charge < -0.3 is 9.64 Å². The molecule has 0 unspecified atom stereocenters. The molecule has 0 N–H and O–H groups in total. The van der Waals surface area contributed by atoms with Gasteiger partial charge in [0.15, 0.2) is 0 Å². The third kappa shape index (κ3) is 6.57. The number of alkyl halides is 3. The lowest BCUT2D eigenvalue weighted by molar-refractivity contribution is -0.137. The van der Waals surface area contributed by atoms with Crippen molar-refractivity contribution in [2.75, 3.05) is 6.61 Å². The van der Waals surface area contributed by atoms with Crippen molar-refractivity contribution >= 4 is 5.91 Å². The number of carbonyl (C=O) groups is 1. The standard InChI is InChI=1S/C24H23F3N2O2/c1-18-5-2-3-7-20(18)17-29(16-19-6-4-13-28-15-19)23(30)12-14-31-22-10-8-21(9-11-22)24(25,26)27/h2-11,13,15H,12,14,16-17H2,1H3. The van der Waals surface area contributed by atoms with Crippen molar-refractivity contribution in [3.63, 3.8) is 0 Å². The highest BCUT2D eigenvalue weighted by Gasteiger charge is 2.30. The van der Waals surface area contributed by atoms with Gasteiger partial charge in [0, 0.05) is 25.5 Å². The molecule has 1 amide bonds. The van der Waals surface area contributed by atoms with E-state index in [1.807, 2.05) is 43.3 Å². The van der Waals surface area contributed by atoms with Gasteiger partial charge in [-0.25, -0.2) is 0 Å². The maximum Gasteiger partial charge on any atom is 0.416 e. The Balaban J connectivity index is 1.63. The number of amides is 1. The van der Waals surface area contributed by atoms with Gasteiger partial charge >= 0.3 is 6.18 Å². The zero-order valence-electron chi connectivity index (χ0n) is 17.1. The van der Waals surface area contributed by atoms with E-state index < -0.39 is 11.7 Å². The number of ether oxygens (including phenoxy) is 1. The number of halogens is 3. The van der Waals surface area contributed by atoms with E-state index in [0.717, 1.165) is 28.8 Å². The summed E-state index contributed by atoms with van der Waals surface area (Å²) in [6.07, 6.45) is -0.893. The minimum atomic E-state index is -4.39. The summed E-state index contributed by atoms with van der Waals surface area (Å²) in [7, 11) is 0. The molecule has 31 heavy (non-hydrogen) atoms. The number of aromatic nitrogens is 1. The van der Waals surface area contributed by atoms with Crippen molar-refractivity contribution in [3.05, 3.63) is 95.3 Å². The van der Waals surface area contributed by atoms with E-state index >= 15 is 0 Å². The van der Waals surface area contributed by atoms with Crippen molar-refractivity contribution < 1.29 is 22.7 Å².